The van der Waals surface area contributed by atoms with Crippen LogP contribution in [0.25, 0.3) is 0 Å². The van der Waals surface area contributed by atoms with E-state index in [9.17, 15) is 4.79 Å². The molecule has 1 aliphatic heterocycles. The fraction of sp³-hybridized carbons (Fsp3) is 0.833. The summed E-state index contributed by atoms with van der Waals surface area (Å²) in [6.45, 7) is 0.948. The van der Waals surface area contributed by atoms with Crippen LogP contribution in [0.5, 0.6) is 0 Å². The largest absolute Gasteiger partial charge is 0.312 e. The van der Waals surface area contributed by atoms with E-state index in [0.717, 1.165) is 19.4 Å². The maximum absolute atomic E-state index is 10.8. The van der Waals surface area contributed by atoms with Crippen LogP contribution >= 0.6 is 0 Å². The van der Waals surface area contributed by atoms with Crippen LogP contribution in [-0.4, -0.2) is 18.4 Å². The zero-order valence-electron chi connectivity index (χ0n) is 4.68. The standard InChI is InChI=1S/C6H9NO/c8-6-2-1-5-4(6)3-7-5/h4-5,7H,1-3H2. The molecule has 44 valence electrons. The fourth-order valence-corrected chi connectivity index (χ4v) is 1.53. The van der Waals surface area contributed by atoms with E-state index in [-0.39, 0.29) is 0 Å². The van der Waals surface area contributed by atoms with Gasteiger partial charge in [-0.25, -0.2) is 0 Å². The van der Waals surface area contributed by atoms with E-state index in [1.807, 2.05) is 0 Å². The molecule has 2 atom stereocenters. The molecule has 1 heterocycles. The summed E-state index contributed by atoms with van der Waals surface area (Å²) in [7, 11) is 0. The summed E-state index contributed by atoms with van der Waals surface area (Å²) in [4.78, 5) is 10.8. The summed E-state index contributed by atoms with van der Waals surface area (Å²) in [5.74, 6) is 0.892. The van der Waals surface area contributed by atoms with E-state index in [2.05, 4.69) is 5.32 Å². The monoisotopic (exact) mass is 111 g/mol. The Kier molecular flexibility index (Phi) is 0.742. The van der Waals surface area contributed by atoms with E-state index < -0.39 is 0 Å². The van der Waals surface area contributed by atoms with Crippen molar-refractivity contribution in [2.24, 2.45) is 5.92 Å². The number of carbonyl (C=O) groups is 1. The minimum Gasteiger partial charge on any atom is -0.312 e. The molecule has 1 saturated carbocycles. The summed E-state index contributed by atoms with van der Waals surface area (Å²) in [6, 6.07) is 0.572. The highest BCUT2D eigenvalue weighted by molar-refractivity contribution is 5.85. The molecule has 1 aliphatic carbocycles. The van der Waals surface area contributed by atoms with Gasteiger partial charge in [0, 0.05) is 24.9 Å². The second-order valence-electron chi connectivity index (χ2n) is 2.63. The Morgan fingerprint density at radius 3 is 2.75 bits per heavy atom. The molecule has 1 N–H and O–H groups in total. The first kappa shape index (κ1) is 4.50. The third-order valence-corrected chi connectivity index (χ3v) is 2.20. The molecule has 0 bridgehead atoms. The third-order valence-electron chi connectivity index (χ3n) is 2.20. The lowest BCUT2D eigenvalue weighted by molar-refractivity contribution is -0.122. The molecule has 2 aliphatic rings. The number of ketones is 1. The number of Topliss-reactive ketones (excluding diaryl/α,β-unsaturated/α-hetero) is 1. The van der Waals surface area contributed by atoms with Gasteiger partial charge in [-0.2, -0.15) is 0 Å². The van der Waals surface area contributed by atoms with Gasteiger partial charge < -0.3 is 5.32 Å². The first-order chi connectivity index (χ1) is 3.88. The summed E-state index contributed by atoms with van der Waals surface area (Å²) in [5, 5.41) is 3.22. The number of carbonyl (C=O) groups excluding carboxylic acids is 1. The molecule has 2 rings (SSSR count). The number of hydrogen-bond acceptors (Lipinski definition) is 2. The SMILES string of the molecule is O=C1CCC2NCC12. The molecule has 2 heteroatoms. The molecule has 0 aromatic rings. The quantitative estimate of drug-likeness (QED) is 0.474. The lowest BCUT2D eigenvalue weighted by Gasteiger charge is -2.30. The average molecular weight is 111 g/mol. The van der Waals surface area contributed by atoms with Gasteiger partial charge in [-0.15, -0.1) is 0 Å². The zero-order chi connectivity index (χ0) is 5.56. The predicted molar refractivity (Wildman–Crippen MR) is 29.5 cm³/mol. The van der Waals surface area contributed by atoms with Crippen LogP contribution < -0.4 is 5.32 Å². The van der Waals surface area contributed by atoms with Gasteiger partial charge in [-0.1, -0.05) is 0 Å². The van der Waals surface area contributed by atoms with Crippen LogP contribution in [0.4, 0.5) is 0 Å². The molecular formula is C6H9NO. The van der Waals surface area contributed by atoms with Gasteiger partial charge >= 0.3 is 0 Å². The van der Waals surface area contributed by atoms with Crippen LogP contribution in [0.1, 0.15) is 12.8 Å². The van der Waals surface area contributed by atoms with Crippen LogP contribution in [0.3, 0.4) is 0 Å². The van der Waals surface area contributed by atoms with E-state index >= 15 is 0 Å². The van der Waals surface area contributed by atoms with Gasteiger partial charge in [0.2, 0.25) is 0 Å². The number of nitrogens with one attached hydrogen (secondary N) is 1. The Hall–Kier alpha value is -0.370. The van der Waals surface area contributed by atoms with E-state index in [1.165, 1.54) is 0 Å². The minimum atomic E-state index is 0.412. The topological polar surface area (TPSA) is 29.1 Å². The van der Waals surface area contributed by atoms with Crippen molar-refractivity contribution in [2.45, 2.75) is 18.9 Å². The first-order valence-electron chi connectivity index (χ1n) is 3.14. The van der Waals surface area contributed by atoms with Crippen molar-refractivity contribution >= 4 is 5.78 Å². The highest BCUT2D eigenvalue weighted by Gasteiger charge is 2.40. The molecule has 2 nitrogen and oxygen atoms in total. The zero-order valence-corrected chi connectivity index (χ0v) is 4.68. The van der Waals surface area contributed by atoms with Crippen molar-refractivity contribution in [2.75, 3.05) is 6.54 Å². The molecule has 0 spiro atoms. The normalized spacial score (nSPS) is 43.8. The number of fused-ring (bicyclic) bond motifs is 1. The van der Waals surface area contributed by atoms with Crippen LogP contribution in [0.2, 0.25) is 0 Å². The summed E-state index contributed by atoms with van der Waals surface area (Å²) >= 11 is 0. The first-order valence-corrected chi connectivity index (χ1v) is 3.14. The van der Waals surface area contributed by atoms with E-state index in [4.69, 9.17) is 0 Å². The summed E-state index contributed by atoms with van der Waals surface area (Å²) in [6.07, 6.45) is 1.91. The Balaban J connectivity index is 2.15. The van der Waals surface area contributed by atoms with E-state index in [1.54, 1.807) is 0 Å². The third kappa shape index (κ3) is 0.388. The van der Waals surface area contributed by atoms with Gasteiger partial charge in [0.05, 0.1) is 0 Å². The Morgan fingerprint density at radius 2 is 2.50 bits per heavy atom. The second-order valence-corrected chi connectivity index (χ2v) is 2.63. The Morgan fingerprint density at radius 1 is 1.62 bits per heavy atom. The lowest BCUT2D eigenvalue weighted by atomic mass is 9.95. The van der Waals surface area contributed by atoms with Gasteiger partial charge in [0.15, 0.2) is 0 Å². The molecular weight excluding hydrogens is 102 g/mol. The summed E-state index contributed by atoms with van der Waals surface area (Å²) < 4.78 is 0. The predicted octanol–water partition coefficient (Wildman–Crippen LogP) is -0.0627. The molecule has 0 radical (unpaired) electrons. The summed E-state index contributed by atoms with van der Waals surface area (Å²) in [5.41, 5.74) is 0. The molecule has 1 saturated heterocycles. The van der Waals surface area contributed by atoms with Crippen molar-refractivity contribution in [1.29, 1.82) is 0 Å². The van der Waals surface area contributed by atoms with Gasteiger partial charge in [-0.3, -0.25) is 4.79 Å². The number of rotatable bonds is 0. The van der Waals surface area contributed by atoms with Gasteiger partial charge in [0.25, 0.3) is 0 Å². The molecule has 2 fully saturated rings. The maximum atomic E-state index is 10.8. The fourth-order valence-electron chi connectivity index (χ4n) is 1.53. The molecule has 0 aromatic heterocycles. The maximum Gasteiger partial charge on any atom is 0.138 e. The van der Waals surface area contributed by atoms with Gasteiger partial charge in [-0.05, 0) is 6.42 Å². The minimum absolute atomic E-state index is 0.412. The van der Waals surface area contributed by atoms with Crippen molar-refractivity contribution < 1.29 is 4.79 Å². The van der Waals surface area contributed by atoms with Crippen molar-refractivity contribution in [1.82, 2.24) is 5.32 Å². The number of hydrogen-bond donors (Lipinski definition) is 1. The van der Waals surface area contributed by atoms with Crippen LogP contribution in [-0.2, 0) is 4.79 Å². The molecule has 0 aromatic carbocycles. The van der Waals surface area contributed by atoms with Crippen molar-refractivity contribution in [3.63, 3.8) is 0 Å². The highest BCUT2D eigenvalue weighted by atomic mass is 16.1. The second kappa shape index (κ2) is 1.32. The Labute approximate surface area is 48.3 Å². The lowest BCUT2D eigenvalue weighted by Crippen LogP contribution is -2.51. The van der Waals surface area contributed by atoms with Crippen LogP contribution in [0, 0.1) is 5.92 Å². The average Bonchev–Trinajstić information content (AvgIpc) is 1.80. The Bertz CT molecular complexity index is 132. The van der Waals surface area contributed by atoms with Crippen LogP contribution in [0.15, 0.2) is 0 Å². The molecule has 2 unspecified atom stereocenters. The smallest absolute Gasteiger partial charge is 0.138 e. The highest BCUT2D eigenvalue weighted by Crippen LogP contribution is 2.27. The van der Waals surface area contributed by atoms with Crippen molar-refractivity contribution in [3.8, 4) is 0 Å². The van der Waals surface area contributed by atoms with Gasteiger partial charge in [0.1, 0.15) is 5.78 Å². The molecule has 8 heavy (non-hydrogen) atoms. The molecule has 0 amide bonds. The van der Waals surface area contributed by atoms with E-state index in [0.29, 0.717) is 17.7 Å². The van der Waals surface area contributed by atoms with Crippen molar-refractivity contribution in [3.05, 3.63) is 0 Å².